The molecule has 2 N–H and O–H groups in total. The number of methoxy groups -OCH3 is 1. The van der Waals surface area contributed by atoms with Gasteiger partial charge in [0.1, 0.15) is 4.21 Å². The molecule has 100 valence electrons. The van der Waals surface area contributed by atoms with Crippen LogP contribution in [0.1, 0.15) is 10.4 Å². The normalized spacial score (nSPS) is 11.3. The lowest BCUT2D eigenvalue weighted by Crippen LogP contribution is -2.09. The maximum Gasteiger partial charge on any atom is 0.337 e. The van der Waals surface area contributed by atoms with Crippen LogP contribution in [-0.2, 0) is 14.8 Å². The topological polar surface area (TPSA) is 86.5 Å². The molecule has 0 atom stereocenters. The van der Waals surface area contributed by atoms with Crippen LogP contribution in [0.25, 0.3) is 11.1 Å². The van der Waals surface area contributed by atoms with Crippen LogP contribution in [0.3, 0.4) is 0 Å². The number of ether oxygens (including phenoxy) is 1. The molecular formula is C12H11NO4S2. The first-order valence-electron chi connectivity index (χ1n) is 5.22. The number of thiophene rings is 1. The molecule has 1 aromatic carbocycles. The van der Waals surface area contributed by atoms with Gasteiger partial charge in [0.2, 0.25) is 10.0 Å². The van der Waals surface area contributed by atoms with E-state index < -0.39 is 16.0 Å². The number of hydrogen-bond acceptors (Lipinski definition) is 5. The average molecular weight is 297 g/mol. The van der Waals surface area contributed by atoms with E-state index in [1.165, 1.54) is 13.2 Å². The highest BCUT2D eigenvalue weighted by Gasteiger charge is 2.13. The molecule has 2 aromatic rings. The molecule has 0 saturated heterocycles. The van der Waals surface area contributed by atoms with Crippen LogP contribution in [-0.4, -0.2) is 21.5 Å². The van der Waals surface area contributed by atoms with Crippen molar-refractivity contribution in [3.05, 3.63) is 41.3 Å². The first-order chi connectivity index (χ1) is 8.91. The summed E-state index contributed by atoms with van der Waals surface area (Å²) in [7, 11) is -2.39. The zero-order valence-electron chi connectivity index (χ0n) is 9.99. The lowest BCUT2D eigenvalue weighted by atomic mass is 10.1. The zero-order valence-corrected chi connectivity index (χ0v) is 11.6. The fourth-order valence-corrected chi connectivity index (χ4v) is 3.18. The highest BCUT2D eigenvalue weighted by molar-refractivity contribution is 7.91. The molecule has 7 heteroatoms. The number of benzene rings is 1. The maximum atomic E-state index is 11.4. The van der Waals surface area contributed by atoms with E-state index in [1.807, 2.05) is 0 Å². The Hall–Kier alpha value is -1.70. The molecule has 2 rings (SSSR count). The van der Waals surface area contributed by atoms with Crippen LogP contribution in [0.4, 0.5) is 0 Å². The summed E-state index contributed by atoms with van der Waals surface area (Å²) in [5.74, 6) is -0.441. The van der Waals surface area contributed by atoms with Crippen LogP contribution in [0.15, 0.2) is 39.9 Å². The Balaban J connectivity index is 2.42. The Labute approximate surface area is 114 Å². The van der Waals surface area contributed by atoms with Crippen LogP contribution >= 0.6 is 11.3 Å². The number of rotatable bonds is 3. The highest BCUT2D eigenvalue weighted by Crippen LogP contribution is 2.28. The number of carbonyl (C=O) groups is 1. The first-order valence-corrected chi connectivity index (χ1v) is 7.64. The molecule has 0 bridgehead atoms. The van der Waals surface area contributed by atoms with Gasteiger partial charge >= 0.3 is 5.97 Å². The molecule has 0 aliphatic heterocycles. The quantitative estimate of drug-likeness (QED) is 0.876. The van der Waals surface area contributed by atoms with Gasteiger partial charge in [-0.25, -0.2) is 18.4 Å². The number of primary sulfonamides is 1. The summed E-state index contributed by atoms with van der Waals surface area (Å²) in [5.41, 5.74) is 1.83. The van der Waals surface area contributed by atoms with Crippen molar-refractivity contribution in [1.82, 2.24) is 0 Å². The Morgan fingerprint density at radius 3 is 2.58 bits per heavy atom. The molecule has 0 spiro atoms. The van der Waals surface area contributed by atoms with E-state index in [4.69, 9.17) is 5.14 Å². The van der Waals surface area contributed by atoms with Crippen molar-refractivity contribution in [2.75, 3.05) is 7.11 Å². The second kappa shape index (κ2) is 5.12. The van der Waals surface area contributed by atoms with Crippen molar-refractivity contribution in [1.29, 1.82) is 0 Å². The molecule has 0 amide bonds. The molecule has 1 heterocycles. The van der Waals surface area contributed by atoms with Crippen LogP contribution < -0.4 is 5.14 Å². The van der Waals surface area contributed by atoms with E-state index in [0.717, 1.165) is 16.9 Å². The number of sulfonamides is 1. The second-order valence-electron chi connectivity index (χ2n) is 3.77. The van der Waals surface area contributed by atoms with Crippen molar-refractivity contribution in [2.45, 2.75) is 4.21 Å². The van der Waals surface area contributed by atoms with Gasteiger partial charge in [-0.15, -0.1) is 11.3 Å². The summed E-state index contributed by atoms with van der Waals surface area (Å²) >= 11 is 1.04. The van der Waals surface area contributed by atoms with Gasteiger partial charge in [-0.2, -0.15) is 0 Å². The molecule has 5 nitrogen and oxygen atoms in total. The third kappa shape index (κ3) is 3.01. The lowest BCUT2D eigenvalue weighted by Gasteiger charge is -2.02. The molecule has 0 aliphatic rings. The number of esters is 1. The minimum Gasteiger partial charge on any atom is -0.465 e. The Kier molecular flexibility index (Phi) is 3.70. The van der Waals surface area contributed by atoms with Gasteiger partial charge in [0, 0.05) is 0 Å². The van der Waals surface area contributed by atoms with Gasteiger partial charge in [0.15, 0.2) is 0 Å². The summed E-state index contributed by atoms with van der Waals surface area (Å²) in [6, 6.07) is 8.23. The van der Waals surface area contributed by atoms with Crippen molar-refractivity contribution < 1.29 is 17.9 Å². The van der Waals surface area contributed by atoms with Crippen LogP contribution in [0.5, 0.6) is 0 Å². The lowest BCUT2D eigenvalue weighted by molar-refractivity contribution is 0.0601. The van der Waals surface area contributed by atoms with Gasteiger partial charge in [-0.05, 0) is 34.7 Å². The minimum atomic E-state index is -3.69. The Morgan fingerprint density at radius 1 is 1.26 bits per heavy atom. The largest absolute Gasteiger partial charge is 0.465 e. The van der Waals surface area contributed by atoms with E-state index in [-0.39, 0.29) is 4.21 Å². The third-order valence-electron chi connectivity index (χ3n) is 2.47. The summed E-state index contributed by atoms with van der Waals surface area (Å²) in [4.78, 5) is 11.4. The van der Waals surface area contributed by atoms with Crippen molar-refractivity contribution in [3.63, 3.8) is 0 Å². The van der Waals surface area contributed by atoms with E-state index in [0.29, 0.717) is 11.1 Å². The second-order valence-corrected chi connectivity index (χ2v) is 6.47. The van der Waals surface area contributed by atoms with E-state index in [9.17, 15) is 13.2 Å². The van der Waals surface area contributed by atoms with Gasteiger partial charge in [0.25, 0.3) is 0 Å². The van der Waals surface area contributed by atoms with E-state index in [1.54, 1.807) is 29.6 Å². The van der Waals surface area contributed by atoms with E-state index in [2.05, 4.69) is 4.74 Å². The standard InChI is InChI=1S/C12H11NO4S2/c1-17-12(14)9-4-2-3-8(5-9)10-6-11(18-7-10)19(13,15)16/h2-7H,1H3,(H2,13,15,16). The fraction of sp³-hybridized carbons (Fsp3) is 0.0833. The smallest absolute Gasteiger partial charge is 0.337 e. The van der Waals surface area contributed by atoms with Crippen LogP contribution in [0.2, 0.25) is 0 Å². The van der Waals surface area contributed by atoms with Gasteiger partial charge in [0.05, 0.1) is 12.7 Å². The number of carbonyl (C=O) groups excluding carboxylic acids is 1. The predicted molar refractivity (Wildman–Crippen MR) is 72.5 cm³/mol. The molecule has 0 saturated carbocycles. The molecule has 1 aromatic heterocycles. The number of hydrogen-bond donors (Lipinski definition) is 1. The van der Waals surface area contributed by atoms with Gasteiger partial charge in [-0.3, -0.25) is 0 Å². The van der Waals surface area contributed by atoms with Crippen molar-refractivity contribution in [3.8, 4) is 11.1 Å². The van der Waals surface area contributed by atoms with Crippen molar-refractivity contribution in [2.24, 2.45) is 5.14 Å². The molecule has 0 aliphatic carbocycles. The predicted octanol–water partition coefficient (Wildman–Crippen LogP) is 1.85. The summed E-state index contributed by atoms with van der Waals surface area (Å²) in [6.45, 7) is 0. The minimum absolute atomic E-state index is 0.0889. The summed E-state index contributed by atoms with van der Waals surface area (Å²) in [5, 5.41) is 6.73. The maximum absolute atomic E-state index is 11.4. The zero-order chi connectivity index (χ0) is 14.0. The molecule has 19 heavy (non-hydrogen) atoms. The molecule has 0 radical (unpaired) electrons. The molecule has 0 fully saturated rings. The first kappa shape index (κ1) is 13.7. The van der Waals surface area contributed by atoms with Gasteiger partial charge in [-0.1, -0.05) is 12.1 Å². The summed E-state index contributed by atoms with van der Waals surface area (Å²) in [6.07, 6.45) is 0. The summed E-state index contributed by atoms with van der Waals surface area (Å²) < 4.78 is 27.1. The highest BCUT2D eigenvalue weighted by atomic mass is 32.2. The molecular weight excluding hydrogens is 286 g/mol. The monoisotopic (exact) mass is 297 g/mol. The van der Waals surface area contributed by atoms with Gasteiger partial charge < -0.3 is 4.74 Å². The van der Waals surface area contributed by atoms with Crippen molar-refractivity contribution >= 4 is 27.3 Å². The van der Waals surface area contributed by atoms with Crippen LogP contribution in [0, 0.1) is 0 Å². The fourth-order valence-electron chi connectivity index (χ4n) is 1.56. The average Bonchev–Trinajstić information content (AvgIpc) is 2.87. The number of nitrogens with two attached hydrogens (primary N) is 1. The Morgan fingerprint density at radius 2 is 2.00 bits per heavy atom. The Bertz CT molecular complexity index is 719. The third-order valence-corrected chi connectivity index (χ3v) is 4.86. The van der Waals surface area contributed by atoms with E-state index >= 15 is 0 Å². The SMILES string of the molecule is COC(=O)c1cccc(-c2csc(S(N)(=O)=O)c2)c1. The molecule has 0 unspecified atom stereocenters.